The molecule has 3 rings (SSSR count). The van der Waals surface area contributed by atoms with Gasteiger partial charge in [0.25, 0.3) is 0 Å². The number of rotatable bonds is 2. The Morgan fingerprint density at radius 1 is 1.42 bits per heavy atom. The molecule has 1 aromatic heterocycles. The summed E-state index contributed by atoms with van der Waals surface area (Å²) in [5.41, 5.74) is 0. The number of piperazine rings is 1. The van der Waals surface area contributed by atoms with Crippen molar-refractivity contribution in [2.45, 2.75) is 25.3 Å². The Morgan fingerprint density at radius 2 is 2.32 bits per heavy atom. The molecule has 0 saturated carbocycles. The van der Waals surface area contributed by atoms with E-state index in [4.69, 9.17) is 4.74 Å². The van der Waals surface area contributed by atoms with Crippen molar-refractivity contribution in [3.8, 4) is 0 Å². The number of carbonyl (C=O) groups is 1. The monoisotopic (exact) mass is 281 g/mol. The van der Waals surface area contributed by atoms with E-state index in [9.17, 15) is 4.79 Å². The van der Waals surface area contributed by atoms with E-state index in [1.165, 1.54) is 44.3 Å². The van der Waals surface area contributed by atoms with Crippen LogP contribution in [0.3, 0.4) is 0 Å². The zero-order chi connectivity index (χ0) is 13.2. The lowest BCUT2D eigenvalue weighted by Crippen LogP contribution is -2.54. The van der Waals surface area contributed by atoms with E-state index in [-0.39, 0.29) is 5.97 Å². The molecule has 0 bridgehead atoms. The Balaban J connectivity index is 1.69. The van der Waals surface area contributed by atoms with Gasteiger partial charge in [-0.05, 0) is 19.4 Å². The first kappa shape index (κ1) is 12.9. The number of thiazole rings is 1. The van der Waals surface area contributed by atoms with Crippen molar-refractivity contribution >= 4 is 22.4 Å². The van der Waals surface area contributed by atoms with Gasteiger partial charge in [0.2, 0.25) is 0 Å². The molecule has 1 aromatic rings. The lowest BCUT2D eigenvalue weighted by molar-refractivity contribution is 0.0606. The van der Waals surface area contributed by atoms with Crippen molar-refractivity contribution in [2.75, 3.05) is 38.2 Å². The van der Waals surface area contributed by atoms with Crippen molar-refractivity contribution in [1.29, 1.82) is 0 Å². The first-order chi connectivity index (χ1) is 9.28. The molecule has 1 atom stereocenters. The number of aromatic nitrogens is 1. The maximum Gasteiger partial charge on any atom is 0.349 e. The minimum Gasteiger partial charge on any atom is -0.465 e. The highest BCUT2D eigenvalue weighted by Crippen LogP contribution is 2.28. The van der Waals surface area contributed by atoms with Gasteiger partial charge in [-0.25, -0.2) is 9.78 Å². The number of nitrogens with zero attached hydrogens (tertiary/aromatic N) is 3. The maximum atomic E-state index is 11.5. The minimum atomic E-state index is -0.292. The number of piperidine rings is 1. The number of ether oxygens (including phenoxy) is 1. The third-order valence-corrected chi connectivity index (χ3v) is 5.03. The molecule has 19 heavy (non-hydrogen) atoms. The van der Waals surface area contributed by atoms with Gasteiger partial charge in [-0.15, -0.1) is 0 Å². The second-order valence-corrected chi connectivity index (χ2v) is 6.14. The number of methoxy groups -OCH3 is 1. The zero-order valence-electron chi connectivity index (χ0n) is 11.2. The van der Waals surface area contributed by atoms with Gasteiger partial charge in [0, 0.05) is 25.7 Å². The molecule has 2 saturated heterocycles. The fourth-order valence-electron chi connectivity index (χ4n) is 2.94. The van der Waals surface area contributed by atoms with E-state index in [1.807, 2.05) is 0 Å². The summed E-state index contributed by atoms with van der Waals surface area (Å²) in [5.74, 6) is -0.292. The predicted octanol–water partition coefficient (Wildman–Crippen LogP) is 1.60. The number of hydrogen-bond acceptors (Lipinski definition) is 6. The average molecular weight is 281 g/mol. The second kappa shape index (κ2) is 5.46. The average Bonchev–Trinajstić information content (AvgIpc) is 2.95. The summed E-state index contributed by atoms with van der Waals surface area (Å²) in [4.78, 5) is 21.3. The topological polar surface area (TPSA) is 45.7 Å². The summed E-state index contributed by atoms with van der Waals surface area (Å²) in [7, 11) is 1.41. The number of carbonyl (C=O) groups excluding carboxylic acids is 1. The zero-order valence-corrected chi connectivity index (χ0v) is 12.0. The Hall–Kier alpha value is -1.14. The quantitative estimate of drug-likeness (QED) is 0.771. The lowest BCUT2D eigenvalue weighted by Gasteiger charge is -2.43. The molecule has 0 radical (unpaired) electrons. The number of hydrogen-bond donors (Lipinski definition) is 0. The SMILES string of the molecule is COC(=O)c1cnc(N2CCN3CCCCC3C2)s1. The largest absolute Gasteiger partial charge is 0.465 e. The highest BCUT2D eigenvalue weighted by atomic mass is 32.1. The van der Waals surface area contributed by atoms with Gasteiger partial charge in [0.05, 0.1) is 13.3 Å². The third-order valence-electron chi connectivity index (χ3n) is 3.99. The van der Waals surface area contributed by atoms with Crippen LogP contribution in [0.25, 0.3) is 0 Å². The molecule has 0 aromatic carbocycles. The van der Waals surface area contributed by atoms with E-state index in [1.54, 1.807) is 6.20 Å². The lowest BCUT2D eigenvalue weighted by atomic mass is 10.00. The number of fused-ring (bicyclic) bond motifs is 1. The van der Waals surface area contributed by atoms with E-state index < -0.39 is 0 Å². The molecule has 0 spiro atoms. The fourth-order valence-corrected chi connectivity index (χ4v) is 3.80. The summed E-state index contributed by atoms with van der Waals surface area (Å²) in [6.45, 7) is 4.39. The molecular weight excluding hydrogens is 262 g/mol. The molecule has 6 heteroatoms. The van der Waals surface area contributed by atoms with Gasteiger partial charge in [-0.2, -0.15) is 0 Å². The number of anilines is 1. The van der Waals surface area contributed by atoms with Crippen LogP contribution in [0.15, 0.2) is 6.20 Å². The maximum absolute atomic E-state index is 11.5. The molecule has 0 amide bonds. The van der Waals surface area contributed by atoms with E-state index in [2.05, 4.69) is 14.8 Å². The minimum absolute atomic E-state index is 0.292. The van der Waals surface area contributed by atoms with Crippen LogP contribution in [-0.2, 0) is 4.74 Å². The molecule has 2 aliphatic rings. The summed E-state index contributed by atoms with van der Waals surface area (Å²) in [6, 6.07) is 0.660. The smallest absolute Gasteiger partial charge is 0.349 e. The van der Waals surface area contributed by atoms with E-state index >= 15 is 0 Å². The standard InChI is InChI=1S/C13H19N3O2S/c1-18-12(17)11-8-14-13(19-11)16-7-6-15-5-3-2-4-10(15)9-16/h8,10H,2-7,9H2,1H3. The highest BCUT2D eigenvalue weighted by molar-refractivity contribution is 7.17. The van der Waals surface area contributed by atoms with Gasteiger partial charge in [0.15, 0.2) is 5.13 Å². The van der Waals surface area contributed by atoms with Crippen molar-refractivity contribution in [3.63, 3.8) is 0 Å². The number of esters is 1. The van der Waals surface area contributed by atoms with Crippen molar-refractivity contribution < 1.29 is 9.53 Å². The molecule has 2 aliphatic heterocycles. The van der Waals surface area contributed by atoms with Crippen LogP contribution in [0.4, 0.5) is 5.13 Å². The Bertz CT molecular complexity index is 462. The van der Waals surface area contributed by atoms with Crippen LogP contribution in [0, 0.1) is 0 Å². The van der Waals surface area contributed by atoms with Gasteiger partial charge in [-0.1, -0.05) is 17.8 Å². The molecule has 5 nitrogen and oxygen atoms in total. The van der Waals surface area contributed by atoms with E-state index in [0.29, 0.717) is 10.9 Å². The Morgan fingerprint density at radius 3 is 3.16 bits per heavy atom. The van der Waals surface area contributed by atoms with Crippen molar-refractivity contribution in [3.05, 3.63) is 11.1 Å². The predicted molar refractivity (Wildman–Crippen MR) is 74.9 cm³/mol. The van der Waals surface area contributed by atoms with Crippen LogP contribution in [-0.4, -0.2) is 55.2 Å². The van der Waals surface area contributed by atoms with Crippen molar-refractivity contribution in [2.24, 2.45) is 0 Å². The normalized spacial score (nSPS) is 24.1. The molecule has 3 heterocycles. The van der Waals surface area contributed by atoms with Crippen LogP contribution in [0.1, 0.15) is 28.9 Å². The first-order valence-electron chi connectivity index (χ1n) is 6.81. The van der Waals surface area contributed by atoms with Crippen LogP contribution >= 0.6 is 11.3 Å². The van der Waals surface area contributed by atoms with Gasteiger partial charge < -0.3 is 9.64 Å². The van der Waals surface area contributed by atoms with Crippen LogP contribution < -0.4 is 4.90 Å². The third kappa shape index (κ3) is 2.60. The summed E-state index contributed by atoms with van der Waals surface area (Å²) in [6.07, 6.45) is 5.57. The van der Waals surface area contributed by atoms with Gasteiger partial charge in [0.1, 0.15) is 4.88 Å². The molecule has 0 N–H and O–H groups in total. The molecule has 104 valence electrons. The molecular formula is C13H19N3O2S. The fraction of sp³-hybridized carbons (Fsp3) is 0.692. The Labute approximate surface area is 117 Å². The van der Waals surface area contributed by atoms with Crippen LogP contribution in [0.5, 0.6) is 0 Å². The van der Waals surface area contributed by atoms with Gasteiger partial charge in [-0.3, -0.25) is 4.90 Å². The first-order valence-corrected chi connectivity index (χ1v) is 7.62. The van der Waals surface area contributed by atoms with E-state index in [0.717, 1.165) is 24.8 Å². The van der Waals surface area contributed by atoms with Gasteiger partial charge >= 0.3 is 5.97 Å². The Kier molecular flexibility index (Phi) is 3.70. The molecule has 1 unspecified atom stereocenters. The molecule has 2 fully saturated rings. The summed E-state index contributed by atoms with van der Waals surface area (Å²) in [5, 5.41) is 0.950. The summed E-state index contributed by atoms with van der Waals surface area (Å²) < 4.78 is 4.73. The second-order valence-electron chi connectivity index (χ2n) is 5.13. The van der Waals surface area contributed by atoms with Crippen LogP contribution in [0.2, 0.25) is 0 Å². The van der Waals surface area contributed by atoms with Crippen molar-refractivity contribution in [1.82, 2.24) is 9.88 Å². The molecule has 0 aliphatic carbocycles. The highest BCUT2D eigenvalue weighted by Gasteiger charge is 2.30. The summed E-state index contributed by atoms with van der Waals surface area (Å²) >= 11 is 1.43.